The van der Waals surface area contributed by atoms with E-state index in [9.17, 15) is 0 Å². The molecule has 8 heteroatoms. The number of piperidine rings is 1. The van der Waals surface area contributed by atoms with Crippen molar-refractivity contribution in [2.45, 2.75) is 29.4 Å². The highest BCUT2D eigenvalue weighted by atomic mass is 35.5. The number of aromatic nitrogens is 4. The zero-order chi connectivity index (χ0) is 14.7. The number of nitrogens with zero attached hydrogens (tertiary/aromatic N) is 5. The van der Waals surface area contributed by atoms with Crippen LogP contribution in [-0.2, 0) is 0 Å². The van der Waals surface area contributed by atoms with Gasteiger partial charge in [0.05, 0.1) is 5.02 Å². The summed E-state index contributed by atoms with van der Waals surface area (Å²) in [6.45, 7) is 1.91. The maximum atomic E-state index is 6.11. The fourth-order valence-corrected chi connectivity index (χ4v) is 3.13. The van der Waals surface area contributed by atoms with Crippen LogP contribution in [-0.4, -0.2) is 33.0 Å². The first-order chi connectivity index (χ1) is 10.2. The van der Waals surface area contributed by atoms with Gasteiger partial charge in [-0.15, -0.1) is 0 Å². The Kier molecular flexibility index (Phi) is 4.40. The van der Waals surface area contributed by atoms with Crippen molar-refractivity contribution in [1.29, 1.82) is 0 Å². The third kappa shape index (κ3) is 3.54. The second-order valence-corrected chi connectivity index (χ2v) is 6.08. The Morgan fingerprint density at radius 1 is 1.14 bits per heavy atom. The SMILES string of the molecule is Nc1nc(Sc2ncccc2Cl)nc(N2CCCCC2)n1. The quantitative estimate of drug-likeness (QED) is 0.930. The van der Waals surface area contributed by atoms with E-state index in [-0.39, 0.29) is 5.95 Å². The number of hydrogen-bond donors (Lipinski definition) is 1. The van der Waals surface area contributed by atoms with Gasteiger partial charge in [-0.05, 0) is 43.2 Å². The summed E-state index contributed by atoms with van der Waals surface area (Å²) >= 11 is 7.40. The van der Waals surface area contributed by atoms with Crippen LogP contribution in [0.1, 0.15) is 19.3 Å². The third-order valence-corrected chi connectivity index (χ3v) is 4.47. The van der Waals surface area contributed by atoms with Crippen LogP contribution in [0.2, 0.25) is 5.02 Å². The van der Waals surface area contributed by atoms with Crippen LogP contribution < -0.4 is 10.6 Å². The molecule has 3 heterocycles. The zero-order valence-electron chi connectivity index (χ0n) is 11.4. The molecule has 0 atom stereocenters. The number of nitrogens with two attached hydrogens (primary N) is 1. The van der Waals surface area contributed by atoms with Crippen LogP contribution in [0.25, 0.3) is 0 Å². The van der Waals surface area contributed by atoms with E-state index in [2.05, 4.69) is 24.8 Å². The average Bonchev–Trinajstić information content (AvgIpc) is 2.50. The Balaban J connectivity index is 1.85. The molecule has 0 bridgehead atoms. The molecule has 1 saturated heterocycles. The Labute approximate surface area is 132 Å². The lowest BCUT2D eigenvalue weighted by atomic mass is 10.1. The van der Waals surface area contributed by atoms with Crippen molar-refractivity contribution in [3.8, 4) is 0 Å². The summed E-state index contributed by atoms with van der Waals surface area (Å²) in [5.74, 6) is 0.858. The molecular formula is C13H15ClN6S. The molecule has 21 heavy (non-hydrogen) atoms. The van der Waals surface area contributed by atoms with Crippen LogP contribution in [0, 0.1) is 0 Å². The molecule has 2 aromatic heterocycles. The zero-order valence-corrected chi connectivity index (χ0v) is 12.9. The minimum absolute atomic E-state index is 0.222. The Morgan fingerprint density at radius 2 is 1.95 bits per heavy atom. The van der Waals surface area contributed by atoms with Crippen molar-refractivity contribution < 1.29 is 0 Å². The van der Waals surface area contributed by atoms with Crippen molar-refractivity contribution in [2.24, 2.45) is 0 Å². The lowest BCUT2D eigenvalue weighted by Gasteiger charge is -2.26. The number of rotatable bonds is 3. The van der Waals surface area contributed by atoms with Gasteiger partial charge in [-0.25, -0.2) is 4.98 Å². The molecule has 0 saturated carbocycles. The first kappa shape index (κ1) is 14.3. The molecule has 0 unspecified atom stereocenters. The molecule has 0 amide bonds. The van der Waals surface area contributed by atoms with Crippen LogP contribution in [0.5, 0.6) is 0 Å². The van der Waals surface area contributed by atoms with E-state index in [1.54, 1.807) is 18.3 Å². The first-order valence-electron chi connectivity index (χ1n) is 6.77. The second kappa shape index (κ2) is 6.44. The fraction of sp³-hybridized carbons (Fsp3) is 0.385. The lowest BCUT2D eigenvalue weighted by molar-refractivity contribution is 0.565. The van der Waals surface area contributed by atoms with E-state index in [0.29, 0.717) is 21.2 Å². The molecule has 2 aromatic rings. The molecule has 0 aliphatic carbocycles. The summed E-state index contributed by atoms with van der Waals surface area (Å²) in [4.78, 5) is 19.2. The predicted octanol–water partition coefficient (Wildman–Crippen LogP) is 2.64. The summed E-state index contributed by atoms with van der Waals surface area (Å²) in [6, 6.07) is 3.57. The van der Waals surface area contributed by atoms with E-state index in [0.717, 1.165) is 25.9 Å². The summed E-state index contributed by atoms with van der Waals surface area (Å²) in [5, 5.41) is 1.75. The molecule has 1 aliphatic rings. The highest BCUT2D eigenvalue weighted by Gasteiger charge is 2.16. The highest BCUT2D eigenvalue weighted by Crippen LogP contribution is 2.30. The molecule has 110 valence electrons. The molecule has 0 spiro atoms. The van der Waals surface area contributed by atoms with Crippen LogP contribution in [0.15, 0.2) is 28.5 Å². The number of nitrogen functional groups attached to an aromatic ring is 1. The Bertz CT molecular complexity index is 632. The van der Waals surface area contributed by atoms with Crippen LogP contribution in [0.4, 0.5) is 11.9 Å². The van der Waals surface area contributed by atoms with Crippen LogP contribution >= 0.6 is 23.4 Å². The van der Waals surface area contributed by atoms with Gasteiger partial charge in [0, 0.05) is 19.3 Å². The molecule has 2 N–H and O–H groups in total. The smallest absolute Gasteiger partial charge is 0.231 e. The van der Waals surface area contributed by atoms with Crippen molar-refractivity contribution in [3.05, 3.63) is 23.4 Å². The van der Waals surface area contributed by atoms with Gasteiger partial charge in [-0.3, -0.25) is 0 Å². The van der Waals surface area contributed by atoms with Gasteiger partial charge < -0.3 is 10.6 Å². The topological polar surface area (TPSA) is 80.8 Å². The number of hydrogen-bond acceptors (Lipinski definition) is 7. The summed E-state index contributed by atoms with van der Waals surface area (Å²) in [5.41, 5.74) is 5.80. The van der Waals surface area contributed by atoms with E-state index in [1.165, 1.54) is 18.2 Å². The minimum atomic E-state index is 0.222. The van der Waals surface area contributed by atoms with Crippen molar-refractivity contribution in [1.82, 2.24) is 19.9 Å². The first-order valence-corrected chi connectivity index (χ1v) is 7.97. The fourth-order valence-electron chi connectivity index (χ4n) is 2.17. The molecular weight excluding hydrogens is 308 g/mol. The predicted molar refractivity (Wildman–Crippen MR) is 83.7 cm³/mol. The maximum absolute atomic E-state index is 6.11. The molecule has 3 rings (SSSR count). The van der Waals surface area contributed by atoms with E-state index in [1.807, 2.05) is 0 Å². The van der Waals surface area contributed by atoms with Gasteiger partial charge in [0.1, 0.15) is 5.03 Å². The Hall–Kier alpha value is -1.60. The summed E-state index contributed by atoms with van der Waals surface area (Å²) in [7, 11) is 0. The van der Waals surface area contributed by atoms with Crippen molar-refractivity contribution in [2.75, 3.05) is 23.7 Å². The van der Waals surface area contributed by atoms with Gasteiger partial charge in [-0.1, -0.05) is 11.6 Å². The second-order valence-electron chi connectivity index (χ2n) is 4.72. The van der Waals surface area contributed by atoms with Gasteiger partial charge in [0.2, 0.25) is 17.1 Å². The normalized spacial score (nSPS) is 15.2. The van der Waals surface area contributed by atoms with Gasteiger partial charge in [0.15, 0.2) is 0 Å². The van der Waals surface area contributed by atoms with Gasteiger partial charge in [-0.2, -0.15) is 15.0 Å². The number of pyridine rings is 1. The molecule has 6 nitrogen and oxygen atoms in total. The molecule has 1 aliphatic heterocycles. The lowest BCUT2D eigenvalue weighted by Crippen LogP contribution is -2.31. The maximum Gasteiger partial charge on any atom is 0.231 e. The molecule has 0 aromatic carbocycles. The van der Waals surface area contributed by atoms with Gasteiger partial charge in [0.25, 0.3) is 0 Å². The summed E-state index contributed by atoms with van der Waals surface area (Å²) in [6.07, 6.45) is 5.24. The van der Waals surface area contributed by atoms with Crippen molar-refractivity contribution in [3.63, 3.8) is 0 Å². The largest absolute Gasteiger partial charge is 0.368 e. The minimum Gasteiger partial charge on any atom is -0.368 e. The number of halogens is 1. The molecule has 1 fully saturated rings. The standard InChI is InChI=1S/C13H15ClN6S/c14-9-5-4-6-16-10(9)21-13-18-11(15)17-12(19-13)20-7-2-1-3-8-20/h4-6H,1-3,7-8H2,(H2,15,17,18,19). The van der Waals surface area contributed by atoms with E-state index in [4.69, 9.17) is 17.3 Å². The molecule has 0 radical (unpaired) electrons. The van der Waals surface area contributed by atoms with E-state index < -0.39 is 0 Å². The van der Waals surface area contributed by atoms with Gasteiger partial charge >= 0.3 is 0 Å². The summed E-state index contributed by atoms with van der Waals surface area (Å²) < 4.78 is 0. The average molecular weight is 323 g/mol. The van der Waals surface area contributed by atoms with E-state index >= 15 is 0 Å². The third-order valence-electron chi connectivity index (χ3n) is 3.17. The van der Waals surface area contributed by atoms with Crippen LogP contribution in [0.3, 0.4) is 0 Å². The monoisotopic (exact) mass is 322 g/mol. The highest BCUT2D eigenvalue weighted by molar-refractivity contribution is 7.99. The Morgan fingerprint density at radius 3 is 2.71 bits per heavy atom. The van der Waals surface area contributed by atoms with Crippen molar-refractivity contribution >= 4 is 35.3 Å². The number of anilines is 2.